The molecule has 0 spiro atoms. The average Bonchev–Trinajstić information content (AvgIpc) is 3.05. The number of nitrogens with zero attached hydrogens (tertiary/aromatic N) is 3. The minimum Gasteiger partial charge on any atom is -0.348 e. The molecule has 2 aromatic heterocycles. The molecule has 2 heterocycles. The van der Waals surface area contributed by atoms with Crippen molar-refractivity contribution in [2.24, 2.45) is 0 Å². The van der Waals surface area contributed by atoms with Crippen LogP contribution in [0.5, 0.6) is 0 Å². The highest BCUT2D eigenvalue weighted by Gasteiger charge is 2.16. The maximum Gasteiger partial charge on any atom is 0.294 e. The van der Waals surface area contributed by atoms with Crippen LogP contribution in [0.3, 0.4) is 0 Å². The van der Waals surface area contributed by atoms with Crippen LogP contribution in [0.4, 0.5) is 0 Å². The van der Waals surface area contributed by atoms with E-state index in [9.17, 15) is 9.59 Å². The number of thiazole rings is 1. The number of carbonyl (C=O) groups excluding carboxylic acids is 1. The molecule has 1 amide bonds. The molecular formula is C18H20N4O2S. The number of benzene rings is 1. The van der Waals surface area contributed by atoms with Gasteiger partial charge in [0.05, 0.1) is 21.4 Å². The first-order valence-electron chi connectivity index (χ1n) is 8.21. The van der Waals surface area contributed by atoms with Gasteiger partial charge in [0, 0.05) is 0 Å². The Morgan fingerprint density at radius 1 is 1.32 bits per heavy atom. The molecule has 25 heavy (non-hydrogen) atoms. The first-order chi connectivity index (χ1) is 12.0. The fraction of sp³-hybridized carbons (Fsp3) is 0.333. The summed E-state index contributed by atoms with van der Waals surface area (Å²) in [4.78, 5) is 29.3. The number of nitrogens with one attached hydrogen (secondary N) is 1. The Kier molecular flexibility index (Phi) is 4.94. The fourth-order valence-corrected chi connectivity index (χ4v) is 3.59. The van der Waals surface area contributed by atoms with Gasteiger partial charge in [0.2, 0.25) is 5.91 Å². The van der Waals surface area contributed by atoms with E-state index in [1.165, 1.54) is 16.0 Å². The lowest BCUT2D eigenvalue weighted by atomic mass is 10.1. The highest BCUT2D eigenvalue weighted by atomic mass is 32.1. The van der Waals surface area contributed by atoms with Crippen molar-refractivity contribution in [3.63, 3.8) is 0 Å². The molecule has 6 nitrogen and oxygen atoms in total. The minimum atomic E-state index is -0.320. The smallest absolute Gasteiger partial charge is 0.294 e. The van der Waals surface area contributed by atoms with Crippen molar-refractivity contribution in [2.75, 3.05) is 0 Å². The molecule has 0 saturated heterocycles. The summed E-state index contributed by atoms with van der Waals surface area (Å²) in [6.45, 7) is 5.62. The Bertz CT molecular complexity index is 962. The van der Waals surface area contributed by atoms with Crippen LogP contribution >= 0.6 is 11.3 Å². The summed E-state index contributed by atoms with van der Waals surface area (Å²) in [6.07, 6.45) is 0.771. The summed E-state index contributed by atoms with van der Waals surface area (Å²) in [7, 11) is 0. The van der Waals surface area contributed by atoms with Crippen molar-refractivity contribution in [2.45, 2.75) is 39.8 Å². The van der Waals surface area contributed by atoms with Crippen LogP contribution in [0.25, 0.3) is 10.2 Å². The van der Waals surface area contributed by atoms with Crippen molar-refractivity contribution >= 4 is 27.5 Å². The van der Waals surface area contributed by atoms with Gasteiger partial charge in [-0.1, -0.05) is 37.3 Å². The van der Waals surface area contributed by atoms with Gasteiger partial charge in [0.1, 0.15) is 6.54 Å². The Hall–Kier alpha value is -2.54. The first-order valence-corrected chi connectivity index (χ1v) is 9.02. The van der Waals surface area contributed by atoms with Crippen molar-refractivity contribution in [1.82, 2.24) is 20.1 Å². The molecule has 1 N–H and O–H groups in total. The predicted octanol–water partition coefficient (Wildman–Crippen LogP) is 2.60. The van der Waals surface area contributed by atoms with Gasteiger partial charge in [-0.2, -0.15) is 5.10 Å². The van der Waals surface area contributed by atoms with Crippen LogP contribution in [0.1, 0.15) is 36.2 Å². The second-order valence-electron chi connectivity index (χ2n) is 5.89. The lowest BCUT2D eigenvalue weighted by Gasteiger charge is -2.14. The lowest BCUT2D eigenvalue weighted by Crippen LogP contribution is -2.35. The Labute approximate surface area is 149 Å². The molecule has 1 atom stereocenters. The van der Waals surface area contributed by atoms with E-state index < -0.39 is 0 Å². The highest BCUT2D eigenvalue weighted by Crippen LogP contribution is 2.21. The van der Waals surface area contributed by atoms with Gasteiger partial charge in [0.15, 0.2) is 5.52 Å². The molecule has 0 radical (unpaired) electrons. The number of rotatable bonds is 5. The van der Waals surface area contributed by atoms with Gasteiger partial charge in [-0.05, 0) is 25.8 Å². The number of aryl methyl sites for hydroxylation is 2. The normalized spacial score (nSPS) is 12.3. The van der Waals surface area contributed by atoms with Gasteiger partial charge in [0.25, 0.3) is 5.56 Å². The molecule has 1 aromatic carbocycles. The van der Waals surface area contributed by atoms with E-state index in [4.69, 9.17) is 0 Å². The van der Waals surface area contributed by atoms with E-state index in [0.29, 0.717) is 5.52 Å². The molecule has 0 bridgehead atoms. The molecule has 0 aliphatic rings. The van der Waals surface area contributed by atoms with Crippen molar-refractivity contribution < 1.29 is 4.79 Å². The number of fused-ring (bicyclic) bond motifs is 1. The molecule has 130 valence electrons. The summed E-state index contributed by atoms with van der Waals surface area (Å²) >= 11 is 1.49. The van der Waals surface area contributed by atoms with Crippen LogP contribution in [-0.4, -0.2) is 20.7 Å². The van der Waals surface area contributed by atoms with E-state index in [0.717, 1.165) is 27.4 Å². The van der Waals surface area contributed by atoms with Crippen LogP contribution < -0.4 is 10.9 Å². The van der Waals surface area contributed by atoms with E-state index in [2.05, 4.69) is 15.4 Å². The summed E-state index contributed by atoms with van der Waals surface area (Å²) in [6, 6.07) is 9.54. The summed E-state index contributed by atoms with van der Waals surface area (Å²) < 4.78 is 2.00. The van der Waals surface area contributed by atoms with E-state index in [-0.39, 0.29) is 24.1 Å². The van der Waals surface area contributed by atoms with Crippen molar-refractivity contribution in [3.05, 3.63) is 57.0 Å². The van der Waals surface area contributed by atoms with E-state index in [1.807, 2.05) is 51.1 Å². The Balaban J connectivity index is 1.81. The molecule has 0 aliphatic carbocycles. The van der Waals surface area contributed by atoms with Gasteiger partial charge in [-0.3, -0.25) is 9.59 Å². The molecular weight excluding hydrogens is 336 g/mol. The number of hydrogen-bond donors (Lipinski definition) is 1. The quantitative estimate of drug-likeness (QED) is 0.762. The summed E-state index contributed by atoms with van der Waals surface area (Å²) in [5.74, 6) is -0.254. The molecule has 0 aliphatic heterocycles. The largest absolute Gasteiger partial charge is 0.348 e. The van der Waals surface area contributed by atoms with Gasteiger partial charge in [-0.25, -0.2) is 9.67 Å². The standard InChI is InChI=1S/C18H20N4O2S/c1-4-15-20-16-17(25-15)12(3)21-22(18(16)24)10-14(23)19-11(2)13-8-6-5-7-9-13/h5-9,11H,4,10H2,1-3H3,(H,19,23). The zero-order chi connectivity index (χ0) is 18.0. The van der Waals surface area contributed by atoms with Crippen LogP contribution in [0, 0.1) is 6.92 Å². The SMILES string of the molecule is CCc1nc2c(=O)n(CC(=O)NC(C)c3ccccc3)nc(C)c2s1. The number of amides is 1. The Morgan fingerprint density at radius 3 is 2.72 bits per heavy atom. The molecule has 3 rings (SSSR count). The highest BCUT2D eigenvalue weighted by molar-refractivity contribution is 7.18. The third-order valence-corrected chi connectivity index (χ3v) is 5.29. The van der Waals surface area contributed by atoms with Crippen molar-refractivity contribution in [1.29, 1.82) is 0 Å². The molecule has 3 aromatic rings. The summed E-state index contributed by atoms with van der Waals surface area (Å²) in [5.41, 5.74) is 1.81. The predicted molar refractivity (Wildman–Crippen MR) is 98.8 cm³/mol. The molecule has 0 saturated carbocycles. The third-order valence-electron chi connectivity index (χ3n) is 3.98. The van der Waals surface area contributed by atoms with Gasteiger partial charge in [-0.15, -0.1) is 11.3 Å². The lowest BCUT2D eigenvalue weighted by molar-refractivity contribution is -0.122. The second kappa shape index (κ2) is 7.14. The van der Waals surface area contributed by atoms with Gasteiger partial charge < -0.3 is 5.32 Å². The number of hydrogen-bond acceptors (Lipinski definition) is 5. The Morgan fingerprint density at radius 2 is 2.04 bits per heavy atom. The zero-order valence-electron chi connectivity index (χ0n) is 14.4. The topological polar surface area (TPSA) is 76.9 Å². The van der Waals surface area contributed by atoms with E-state index >= 15 is 0 Å². The first kappa shape index (κ1) is 17.3. The monoisotopic (exact) mass is 356 g/mol. The fourth-order valence-electron chi connectivity index (χ4n) is 2.66. The van der Waals surface area contributed by atoms with Crippen LogP contribution in [0.15, 0.2) is 35.1 Å². The third kappa shape index (κ3) is 3.61. The number of aromatic nitrogens is 3. The summed E-state index contributed by atoms with van der Waals surface area (Å²) in [5, 5.41) is 8.08. The van der Waals surface area contributed by atoms with E-state index in [1.54, 1.807) is 0 Å². The maximum atomic E-state index is 12.6. The number of carbonyl (C=O) groups is 1. The minimum absolute atomic E-state index is 0.119. The average molecular weight is 356 g/mol. The molecule has 7 heteroatoms. The molecule has 1 unspecified atom stereocenters. The molecule has 0 fully saturated rings. The van der Waals surface area contributed by atoms with Gasteiger partial charge >= 0.3 is 0 Å². The van der Waals surface area contributed by atoms with Crippen LogP contribution in [-0.2, 0) is 17.8 Å². The second-order valence-corrected chi connectivity index (χ2v) is 6.97. The van der Waals surface area contributed by atoms with Crippen LogP contribution in [0.2, 0.25) is 0 Å². The zero-order valence-corrected chi connectivity index (χ0v) is 15.3. The van der Waals surface area contributed by atoms with Crippen molar-refractivity contribution in [3.8, 4) is 0 Å². The maximum absolute atomic E-state index is 12.6.